The van der Waals surface area contributed by atoms with Crippen LogP contribution in [0, 0.1) is 6.92 Å². The first-order valence-corrected chi connectivity index (χ1v) is 12.0. The highest BCUT2D eigenvalue weighted by Crippen LogP contribution is 2.25. The first-order chi connectivity index (χ1) is 15.2. The molecule has 1 unspecified atom stereocenters. The predicted molar refractivity (Wildman–Crippen MR) is 127 cm³/mol. The number of nitrogens with one attached hydrogen (secondary N) is 2. The van der Waals surface area contributed by atoms with Gasteiger partial charge in [-0.2, -0.15) is 0 Å². The Bertz CT molecular complexity index is 1400. The topological polar surface area (TPSA) is 93.1 Å². The summed E-state index contributed by atoms with van der Waals surface area (Å²) in [7, 11) is -3.44. The zero-order valence-corrected chi connectivity index (χ0v) is 18.8. The van der Waals surface area contributed by atoms with Gasteiger partial charge in [0.25, 0.3) is 5.91 Å². The lowest BCUT2D eigenvalue weighted by molar-refractivity contribution is 0.0940. The number of imidazole rings is 1. The summed E-state index contributed by atoms with van der Waals surface area (Å²) in [6.45, 7) is 3.74. The van der Waals surface area contributed by atoms with Crippen molar-refractivity contribution < 1.29 is 13.2 Å². The molecule has 0 aliphatic carbocycles. The van der Waals surface area contributed by atoms with Gasteiger partial charge < -0.3 is 5.32 Å². The maximum atomic E-state index is 12.9. The zero-order chi connectivity index (χ0) is 22.9. The summed E-state index contributed by atoms with van der Waals surface area (Å²) >= 11 is 0. The van der Waals surface area contributed by atoms with Gasteiger partial charge in [0, 0.05) is 11.3 Å². The summed E-state index contributed by atoms with van der Waals surface area (Å²) < 4.78 is 27.9. The molecule has 1 heterocycles. The van der Waals surface area contributed by atoms with Gasteiger partial charge in [-0.15, -0.1) is 0 Å². The summed E-state index contributed by atoms with van der Waals surface area (Å²) in [5.41, 5.74) is 4.25. The van der Waals surface area contributed by atoms with Gasteiger partial charge >= 0.3 is 0 Å². The maximum absolute atomic E-state index is 12.9. The first-order valence-electron chi connectivity index (χ1n) is 10.1. The van der Waals surface area contributed by atoms with Crippen molar-refractivity contribution in [2.75, 3.05) is 11.0 Å². The Morgan fingerprint density at radius 2 is 1.69 bits per heavy atom. The van der Waals surface area contributed by atoms with Crippen molar-refractivity contribution in [2.24, 2.45) is 0 Å². The average molecular weight is 449 g/mol. The Labute approximate surface area is 187 Å². The van der Waals surface area contributed by atoms with Crippen molar-refractivity contribution in [3.63, 3.8) is 0 Å². The van der Waals surface area contributed by atoms with Crippen LogP contribution in [0.5, 0.6) is 0 Å². The van der Waals surface area contributed by atoms with E-state index in [1.165, 1.54) is 0 Å². The van der Waals surface area contributed by atoms with Crippen molar-refractivity contribution in [1.82, 2.24) is 14.9 Å². The van der Waals surface area contributed by atoms with E-state index in [1.54, 1.807) is 36.4 Å². The summed E-state index contributed by atoms with van der Waals surface area (Å²) in [4.78, 5) is 17.6. The molecular weight excluding hydrogens is 424 g/mol. The third kappa shape index (κ3) is 4.50. The number of anilines is 1. The van der Waals surface area contributed by atoms with E-state index in [1.807, 2.05) is 54.8 Å². The van der Waals surface area contributed by atoms with Crippen molar-refractivity contribution in [1.29, 1.82) is 0 Å². The predicted octanol–water partition coefficient (Wildman–Crippen LogP) is 4.20. The number of fused-ring (bicyclic) bond motifs is 1. The second kappa shape index (κ2) is 8.47. The van der Waals surface area contributed by atoms with Gasteiger partial charge in [-0.25, -0.2) is 13.4 Å². The minimum atomic E-state index is -3.44. The lowest BCUT2D eigenvalue weighted by Gasteiger charge is -2.18. The van der Waals surface area contributed by atoms with E-state index in [4.69, 9.17) is 0 Å². The SMILES string of the molecule is Cc1nc2cc(C(=O)NC(C)c3ccccc3NS(C)(=O)=O)ccc2n1-c1ccccc1. The van der Waals surface area contributed by atoms with Crippen molar-refractivity contribution in [2.45, 2.75) is 19.9 Å². The molecular formula is C24H24N4O3S. The molecule has 0 fully saturated rings. The molecule has 32 heavy (non-hydrogen) atoms. The molecule has 0 spiro atoms. The van der Waals surface area contributed by atoms with Crippen LogP contribution in [-0.2, 0) is 10.0 Å². The van der Waals surface area contributed by atoms with E-state index in [0.29, 0.717) is 16.8 Å². The number of rotatable bonds is 6. The first kappa shape index (κ1) is 21.6. The van der Waals surface area contributed by atoms with Gasteiger partial charge in [0.15, 0.2) is 0 Å². The molecule has 0 aliphatic heterocycles. The van der Waals surface area contributed by atoms with Crippen LogP contribution in [0.4, 0.5) is 5.69 Å². The number of carbonyl (C=O) groups excluding carboxylic acids is 1. The molecule has 0 radical (unpaired) electrons. The molecule has 4 aromatic rings. The molecule has 1 aromatic heterocycles. The Morgan fingerprint density at radius 3 is 2.41 bits per heavy atom. The second-order valence-electron chi connectivity index (χ2n) is 7.69. The Hall–Kier alpha value is -3.65. The van der Waals surface area contributed by atoms with E-state index < -0.39 is 16.1 Å². The van der Waals surface area contributed by atoms with Gasteiger partial charge in [-0.05, 0) is 55.8 Å². The van der Waals surface area contributed by atoms with Gasteiger partial charge in [0.2, 0.25) is 10.0 Å². The highest BCUT2D eigenvalue weighted by Gasteiger charge is 2.17. The minimum Gasteiger partial charge on any atom is -0.345 e. The number of sulfonamides is 1. The van der Waals surface area contributed by atoms with Crippen LogP contribution in [0.2, 0.25) is 0 Å². The second-order valence-corrected chi connectivity index (χ2v) is 9.44. The monoisotopic (exact) mass is 448 g/mol. The molecule has 1 amide bonds. The number of nitrogens with zero attached hydrogens (tertiary/aromatic N) is 2. The fourth-order valence-electron chi connectivity index (χ4n) is 3.77. The average Bonchev–Trinajstić information content (AvgIpc) is 3.08. The molecule has 2 N–H and O–H groups in total. The molecule has 0 bridgehead atoms. The Morgan fingerprint density at radius 1 is 1.00 bits per heavy atom. The Balaban J connectivity index is 1.60. The molecule has 164 valence electrons. The number of aromatic nitrogens is 2. The van der Waals surface area contributed by atoms with E-state index in [9.17, 15) is 13.2 Å². The fourth-order valence-corrected chi connectivity index (χ4v) is 4.36. The number of hydrogen-bond acceptors (Lipinski definition) is 4. The number of hydrogen-bond donors (Lipinski definition) is 2. The van der Waals surface area contributed by atoms with Crippen LogP contribution in [0.25, 0.3) is 16.7 Å². The van der Waals surface area contributed by atoms with Crippen LogP contribution in [0.3, 0.4) is 0 Å². The highest BCUT2D eigenvalue weighted by atomic mass is 32.2. The summed E-state index contributed by atoms with van der Waals surface area (Å²) in [6, 6.07) is 21.9. The van der Waals surface area contributed by atoms with Gasteiger partial charge in [0.1, 0.15) is 5.82 Å². The molecule has 0 saturated heterocycles. The number of benzene rings is 3. The minimum absolute atomic E-state index is 0.263. The summed E-state index contributed by atoms with van der Waals surface area (Å²) in [5, 5.41) is 2.95. The number of amides is 1. The van der Waals surface area contributed by atoms with Crippen molar-refractivity contribution >= 4 is 32.7 Å². The van der Waals surface area contributed by atoms with Gasteiger partial charge in [-0.3, -0.25) is 14.1 Å². The van der Waals surface area contributed by atoms with E-state index in [2.05, 4.69) is 15.0 Å². The number of aryl methyl sites for hydroxylation is 1. The number of para-hydroxylation sites is 2. The normalized spacial score (nSPS) is 12.5. The maximum Gasteiger partial charge on any atom is 0.251 e. The lowest BCUT2D eigenvalue weighted by Crippen LogP contribution is -2.27. The third-order valence-electron chi connectivity index (χ3n) is 5.17. The van der Waals surface area contributed by atoms with E-state index in [0.717, 1.165) is 28.8 Å². The van der Waals surface area contributed by atoms with Gasteiger partial charge in [-0.1, -0.05) is 36.4 Å². The molecule has 0 saturated carbocycles. The van der Waals surface area contributed by atoms with Crippen molar-refractivity contribution in [3.8, 4) is 5.69 Å². The van der Waals surface area contributed by atoms with Crippen LogP contribution in [0.1, 0.15) is 34.7 Å². The van der Waals surface area contributed by atoms with E-state index >= 15 is 0 Å². The molecule has 4 rings (SSSR count). The van der Waals surface area contributed by atoms with Crippen LogP contribution < -0.4 is 10.0 Å². The standard InChI is InChI=1S/C24H24N4O3S/c1-16(20-11-7-8-12-21(20)27-32(3,30)31)25-24(29)18-13-14-23-22(15-18)26-17(2)28(23)19-9-5-4-6-10-19/h4-16,27H,1-3H3,(H,25,29). The lowest BCUT2D eigenvalue weighted by atomic mass is 10.1. The highest BCUT2D eigenvalue weighted by molar-refractivity contribution is 7.92. The smallest absolute Gasteiger partial charge is 0.251 e. The fraction of sp³-hybridized carbons (Fsp3) is 0.167. The molecule has 7 nitrogen and oxygen atoms in total. The van der Waals surface area contributed by atoms with Crippen LogP contribution in [-0.4, -0.2) is 30.1 Å². The third-order valence-corrected chi connectivity index (χ3v) is 5.76. The van der Waals surface area contributed by atoms with Crippen LogP contribution >= 0.6 is 0 Å². The van der Waals surface area contributed by atoms with E-state index in [-0.39, 0.29) is 5.91 Å². The van der Waals surface area contributed by atoms with Gasteiger partial charge in [0.05, 0.1) is 29.0 Å². The zero-order valence-electron chi connectivity index (χ0n) is 18.0. The molecule has 1 atom stereocenters. The molecule has 0 aliphatic rings. The summed E-state index contributed by atoms with van der Waals surface area (Å²) in [5.74, 6) is 0.568. The quantitative estimate of drug-likeness (QED) is 0.462. The molecule has 8 heteroatoms. The summed E-state index contributed by atoms with van der Waals surface area (Å²) in [6.07, 6.45) is 1.10. The van der Waals surface area contributed by atoms with Crippen molar-refractivity contribution in [3.05, 3.63) is 89.7 Å². The largest absolute Gasteiger partial charge is 0.345 e. The Kier molecular flexibility index (Phi) is 5.71. The van der Waals surface area contributed by atoms with Crippen LogP contribution in [0.15, 0.2) is 72.8 Å². The molecule has 3 aromatic carbocycles. The number of carbonyl (C=O) groups is 1.